The monoisotopic (exact) mass is 281 g/mol. The lowest BCUT2D eigenvalue weighted by atomic mass is 9.98. The lowest BCUT2D eigenvalue weighted by Crippen LogP contribution is -2.38. The number of carbonyl (C=O) groups excluding carboxylic acids is 1. The minimum Gasteiger partial charge on any atom is -0.466 e. The molecule has 1 aromatic heterocycles. The SMILES string of the molecule is CCOC(=O)[C@@H]1CCCN(Cc2ccc(CC)s2)C1. The fourth-order valence-electron chi connectivity index (χ4n) is 2.57. The fourth-order valence-corrected chi connectivity index (χ4v) is 3.57. The molecular formula is C15H23NO2S. The van der Waals surface area contributed by atoms with Crippen molar-refractivity contribution in [2.75, 3.05) is 19.7 Å². The molecule has 1 aliphatic heterocycles. The molecule has 0 aliphatic carbocycles. The van der Waals surface area contributed by atoms with E-state index in [2.05, 4.69) is 24.0 Å². The molecule has 2 heterocycles. The quantitative estimate of drug-likeness (QED) is 0.777. The molecule has 0 spiro atoms. The second-order valence-electron chi connectivity index (χ2n) is 5.05. The first kappa shape index (κ1) is 14.5. The van der Waals surface area contributed by atoms with E-state index in [1.54, 1.807) is 0 Å². The van der Waals surface area contributed by atoms with Gasteiger partial charge in [-0.2, -0.15) is 0 Å². The summed E-state index contributed by atoms with van der Waals surface area (Å²) in [6.45, 7) is 7.46. The lowest BCUT2D eigenvalue weighted by Gasteiger charge is -2.31. The van der Waals surface area contributed by atoms with E-state index in [9.17, 15) is 4.79 Å². The van der Waals surface area contributed by atoms with Gasteiger partial charge < -0.3 is 4.74 Å². The summed E-state index contributed by atoms with van der Waals surface area (Å²) in [5, 5.41) is 0. The number of esters is 1. The predicted molar refractivity (Wildman–Crippen MR) is 78.3 cm³/mol. The molecule has 1 fully saturated rings. The Morgan fingerprint density at radius 1 is 1.42 bits per heavy atom. The van der Waals surface area contributed by atoms with Gasteiger partial charge in [0.15, 0.2) is 0 Å². The molecule has 1 aromatic rings. The molecule has 0 unspecified atom stereocenters. The Kier molecular flexibility index (Phi) is 5.40. The van der Waals surface area contributed by atoms with Crippen molar-refractivity contribution in [2.45, 2.75) is 39.7 Å². The summed E-state index contributed by atoms with van der Waals surface area (Å²) in [4.78, 5) is 17.0. The average Bonchev–Trinajstić information content (AvgIpc) is 2.87. The first-order chi connectivity index (χ1) is 9.22. The van der Waals surface area contributed by atoms with E-state index in [4.69, 9.17) is 4.74 Å². The van der Waals surface area contributed by atoms with Gasteiger partial charge in [0.2, 0.25) is 0 Å². The normalized spacial score (nSPS) is 20.4. The molecule has 4 heteroatoms. The topological polar surface area (TPSA) is 29.5 Å². The van der Waals surface area contributed by atoms with Crippen LogP contribution in [-0.4, -0.2) is 30.6 Å². The van der Waals surface area contributed by atoms with Crippen LogP contribution in [0.15, 0.2) is 12.1 Å². The Hall–Kier alpha value is -0.870. The molecular weight excluding hydrogens is 258 g/mol. The maximum atomic E-state index is 11.8. The number of thiophene rings is 1. The van der Waals surface area contributed by atoms with Crippen LogP contribution < -0.4 is 0 Å². The van der Waals surface area contributed by atoms with Crippen molar-refractivity contribution in [1.29, 1.82) is 0 Å². The zero-order valence-electron chi connectivity index (χ0n) is 11.9. The highest BCUT2D eigenvalue weighted by Gasteiger charge is 2.26. The standard InChI is InChI=1S/C15H23NO2S/c1-3-13-7-8-14(19-13)11-16-9-5-6-12(10-16)15(17)18-4-2/h7-8,12H,3-6,9-11H2,1-2H3/t12-/m1/s1. The smallest absolute Gasteiger partial charge is 0.310 e. The maximum Gasteiger partial charge on any atom is 0.310 e. The molecule has 0 N–H and O–H groups in total. The highest BCUT2D eigenvalue weighted by atomic mass is 32.1. The van der Waals surface area contributed by atoms with Gasteiger partial charge in [-0.25, -0.2) is 0 Å². The molecule has 0 amide bonds. The van der Waals surface area contributed by atoms with Crippen molar-refractivity contribution >= 4 is 17.3 Å². The van der Waals surface area contributed by atoms with Crippen molar-refractivity contribution in [2.24, 2.45) is 5.92 Å². The third-order valence-corrected chi connectivity index (χ3v) is 4.78. The van der Waals surface area contributed by atoms with Crippen molar-refractivity contribution in [3.8, 4) is 0 Å². The number of hydrogen-bond donors (Lipinski definition) is 0. The lowest BCUT2D eigenvalue weighted by molar-refractivity contribution is -0.150. The molecule has 106 valence electrons. The van der Waals surface area contributed by atoms with Crippen LogP contribution >= 0.6 is 11.3 Å². The van der Waals surface area contributed by atoms with Gasteiger partial charge in [0.25, 0.3) is 0 Å². The summed E-state index contributed by atoms with van der Waals surface area (Å²) >= 11 is 1.89. The van der Waals surface area contributed by atoms with E-state index in [1.165, 1.54) is 9.75 Å². The third-order valence-electron chi connectivity index (χ3n) is 3.57. The molecule has 0 aromatic carbocycles. The second kappa shape index (κ2) is 7.06. The van der Waals surface area contributed by atoms with E-state index in [0.29, 0.717) is 6.61 Å². The molecule has 0 bridgehead atoms. The Morgan fingerprint density at radius 3 is 2.89 bits per heavy atom. The van der Waals surface area contributed by atoms with Gasteiger partial charge in [0.05, 0.1) is 12.5 Å². The summed E-state index contributed by atoms with van der Waals surface area (Å²) in [5.41, 5.74) is 0. The van der Waals surface area contributed by atoms with Crippen LogP contribution in [0.1, 0.15) is 36.4 Å². The van der Waals surface area contributed by atoms with Gasteiger partial charge >= 0.3 is 5.97 Å². The summed E-state index contributed by atoms with van der Waals surface area (Å²) in [6, 6.07) is 4.43. The van der Waals surface area contributed by atoms with Gasteiger partial charge in [0.1, 0.15) is 0 Å². The second-order valence-corrected chi connectivity index (χ2v) is 6.30. The Bertz CT molecular complexity index is 416. The number of likely N-dealkylation sites (tertiary alicyclic amines) is 1. The van der Waals surface area contributed by atoms with Crippen molar-refractivity contribution in [3.63, 3.8) is 0 Å². The number of ether oxygens (including phenoxy) is 1. The molecule has 0 radical (unpaired) electrons. The Balaban J connectivity index is 1.88. The minimum atomic E-state index is -0.0207. The van der Waals surface area contributed by atoms with Crippen molar-refractivity contribution in [1.82, 2.24) is 4.90 Å². The van der Waals surface area contributed by atoms with E-state index in [0.717, 1.165) is 38.9 Å². The van der Waals surface area contributed by atoms with Crippen LogP contribution in [0, 0.1) is 5.92 Å². The van der Waals surface area contributed by atoms with Crippen molar-refractivity contribution < 1.29 is 9.53 Å². The summed E-state index contributed by atoms with van der Waals surface area (Å²) in [7, 11) is 0. The largest absolute Gasteiger partial charge is 0.466 e. The van der Waals surface area contributed by atoms with Gasteiger partial charge in [-0.3, -0.25) is 9.69 Å². The number of rotatable bonds is 5. The zero-order chi connectivity index (χ0) is 13.7. The molecule has 1 saturated heterocycles. The highest BCUT2D eigenvalue weighted by Crippen LogP contribution is 2.23. The van der Waals surface area contributed by atoms with Gasteiger partial charge in [-0.1, -0.05) is 6.92 Å². The Morgan fingerprint density at radius 2 is 2.21 bits per heavy atom. The zero-order valence-corrected chi connectivity index (χ0v) is 12.7. The number of piperidine rings is 1. The Labute approximate surface area is 119 Å². The summed E-state index contributed by atoms with van der Waals surface area (Å²) < 4.78 is 5.14. The van der Waals surface area contributed by atoms with Gasteiger partial charge in [0, 0.05) is 22.8 Å². The number of carbonyl (C=O) groups is 1. The first-order valence-electron chi connectivity index (χ1n) is 7.19. The average molecular weight is 281 g/mol. The molecule has 0 saturated carbocycles. The van der Waals surface area contributed by atoms with Crippen LogP contribution in [0.5, 0.6) is 0 Å². The van der Waals surface area contributed by atoms with Crippen LogP contribution in [0.2, 0.25) is 0 Å². The first-order valence-corrected chi connectivity index (χ1v) is 8.01. The van der Waals surface area contributed by atoms with E-state index in [-0.39, 0.29) is 11.9 Å². The van der Waals surface area contributed by atoms with Crippen molar-refractivity contribution in [3.05, 3.63) is 21.9 Å². The summed E-state index contributed by atoms with van der Waals surface area (Å²) in [5.74, 6) is 0.0481. The predicted octanol–water partition coefficient (Wildman–Crippen LogP) is 3.09. The number of aryl methyl sites for hydroxylation is 1. The number of hydrogen-bond acceptors (Lipinski definition) is 4. The fraction of sp³-hybridized carbons (Fsp3) is 0.667. The molecule has 1 aliphatic rings. The molecule has 2 rings (SSSR count). The third kappa shape index (κ3) is 4.05. The molecule has 19 heavy (non-hydrogen) atoms. The van der Waals surface area contributed by atoms with Gasteiger partial charge in [-0.05, 0) is 44.9 Å². The van der Waals surface area contributed by atoms with Crippen LogP contribution in [0.4, 0.5) is 0 Å². The van der Waals surface area contributed by atoms with Crippen LogP contribution in [0.25, 0.3) is 0 Å². The summed E-state index contributed by atoms with van der Waals surface area (Å²) in [6.07, 6.45) is 3.17. The van der Waals surface area contributed by atoms with Crippen LogP contribution in [0.3, 0.4) is 0 Å². The van der Waals surface area contributed by atoms with E-state index >= 15 is 0 Å². The van der Waals surface area contributed by atoms with Gasteiger partial charge in [-0.15, -0.1) is 11.3 Å². The van der Waals surface area contributed by atoms with E-state index in [1.807, 2.05) is 18.3 Å². The molecule has 3 nitrogen and oxygen atoms in total. The number of nitrogens with zero attached hydrogens (tertiary/aromatic N) is 1. The molecule has 1 atom stereocenters. The highest BCUT2D eigenvalue weighted by molar-refractivity contribution is 7.11. The maximum absolute atomic E-state index is 11.8. The minimum absolute atomic E-state index is 0.0207. The van der Waals surface area contributed by atoms with Crippen LogP contribution in [-0.2, 0) is 22.5 Å². The van der Waals surface area contributed by atoms with E-state index < -0.39 is 0 Å².